The first-order valence-electron chi connectivity index (χ1n) is 20.5. The lowest BCUT2D eigenvalue weighted by Crippen LogP contribution is -2.59. The normalized spacial score (nSPS) is 15.8. The van der Waals surface area contributed by atoms with Gasteiger partial charge in [-0.1, -0.05) is 108 Å². The number of pyridine rings is 2. The maximum absolute atomic E-state index is 14.6. The van der Waals surface area contributed by atoms with Gasteiger partial charge in [-0.25, -0.2) is 9.59 Å². The van der Waals surface area contributed by atoms with Crippen molar-refractivity contribution in [2.24, 2.45) is 10.8 Å². The zero-order valence-electron chi connectivity index (χ0n) is 36.3. The minimum absolute atomic E-state index is 0.0263. The molecular weight excluding hydrogens is 775 g/mol. The Balaban J connectivity index is 1.44. The molecule has 3 heterocycles. The minimum Gasteiger partial charge on any atom is -0.465 e. The number of rotatable bonds is 16. The minimum atomic E-state index is -1.27. The number of nitrogens with zero attached hydrogens (tertiary/aromatic N) is 5. The number of benzene rings is 2. The van der Waals surface area contributed by atoms with Gasteiger partial charge < -0.3 is 25.7 Å². The van der Waals surface area contributed by atoms with E-state index in [1.54, 1.807) is 39.1 Å². The van der Waals surface area contributed by atoms with Crippen LogP contribution < -0.4 is 10.6 Å². The Labute approximate surface area is 358 Å². The van der Waals surface area contributed by atoms with Crippen molar-refractivity contribution < 1.29 is 34.2 Å². The molecule has 5 atom stereocenters. The Morgan fingerprint density at radius 3 is 2.05 bits per heavy atom. The van der Waals surface area contributed by atoms with Gasteiger partial charge in [0, 0.05) is 30.5 Å². The van der Waals surface area contributed by atoms with E-state index >= 15 is 0 Å². The van der Waals surface area contributed by atoms with E-state index in [1.807, 2.05) is 107 Å². The Hall–Kier alpha value is -6.15. The number of hydrogen-bond donors (Lipinski definition) is 4. The fraction of sp³-hybridized carbons (Fsp3) is 0.426. The molecule has 1 fully saturated rings. The van der Waals surface area contributed by atoms with Gasteiger partial charge in [-0.2, -0.15) is 0 Å². The van der Waals surface area contributed by atoms with Gasteiger partial charge in [0.1, 0.15) is 18.6 Å². The van der Waals surface area contributed by atoms with Crippen molar-refractivity contribution in [2.75, 3.05) is 13.6 Å². The highest BCUT2D eigenvalue weighted by Gasteiger charge is 2.47. The molecule has 14 nitrogen and oxygen atoms in total. The fourth-order valence-corrected chi connectivity index (χ4v) is 8.00. The molecule has 14 heteroatoms. The first kappa shape index (κ1) is 45.9. The summed E-state index contributed by atoms with van der Waals surface area (Å²) in [6, 6.07) is 23.7. The standard InChI is InChI=1S/C47H59N7O7/c1-30-15-14-18-34(49-30)28-53-39(56)29-54(44(53)59)41(47(5,6)7)43(58)50-35(25-31-16-10-9-11-17-31)27-38(55)37(51-42(57)40(46(2,3)4)52(8)45(60)61)26-32-20-22-33(23-21-32)36-19-12-13-24-48-36/h9-24,35,37-38,40-41,55H,25-29H2,1-8H3,(H,50,58)(H,51,57)(H,60,61)/t35-,37-,38+,40+,41+/m0/s1. The number of carbonyl (C=O) groups excluding carboxylic acids is 4. The molecule has 0 saturated carbocycles. The number of hydrogen-bond acceptors (Lipinski definition) is 8. The molecule has 0 aliphatic carbocycles. The molecule has 324 valence electrons. The van der Waals surface area contributed by atoms with Crippen LogP contribution in [0.4, 0.5) is 9.59 Å². The summed E-state index contributed by atoms with van der Waals surface area (Å²) in [5.74, 6) is -1.52. The topological polar surface area (TPSA) is 185 Å². The van der Waals surface area contributed by atoms with Gasteiger partial charge in [-0.3, -0.25) is 34.2 Å². The zero-order chi connectivity index (χ0) is 44.6. The summed E-state index contributed by atoms with van der Waals surface area (Å²) in [6.07, 6.45) is -0.364. The van der Waals surface area contributed by atoms with Crippen molar-refractivity contribution in [1.82, 2.24) is 35.3 Å². The van der Waals surface area contributed by atoms with Gasteiger partial charge in [0.05, 0.1) is 30.1 Å². The van der Waals surface area contributed by atoms with Crippen molar-refractivity contribution in [3.63, 3.8) is 0 Å². The van der Waals surface area contributed by atoms with Crippen molar-refractivity contribution in [3.05, 3.63) is 120 Å². The number of urea groups is 1. The van der Waals surface area contributed by atoms with Crippen LogP contribution in [0.25, 0.3) is 11.3 Å². The lowest BCUT2D eigenvalue weighted by molar-refractivity contribution is -0.132. The molecule has 2 aromatic heterocycles. The second-order valence-corrected chi connectivity index (χ2v) is 18.0. The summed E-state index contributed by atoms with van der Waals surface area (Å²) >= 11 is 0. The molecule has 0 bridgehead atoms. The number of carboxylic acid groups (broad SMARTS) is 1. The monoisotopic (exact) mass is 833 g/mol. The maximum Gasteiger partial charge on any atom is 0.407 e. The van der Waals surface area contributed by atoms with Crippen LogP contribution in [0.2, 0.25) is 0 Å². The second kappa shape index (κ2) is 19.5. The van der Waals surface area contributed by atoms with Crippen molar-refractivity contribution >= 4 is 29.8 Å². The van der Waals surface area contributed by atoms with Crippen LogP contribution in [0.3, 0.4) is 0 Å². The molecule has 5 rings (SSSR count). The summed E-state index contributed by atoms with van der Waals surface area (Å²) in [5, 5.41) is 28.2. The average Bonchev–Trinajstić information content (AvgIpc) is 3.45. The largest absolute Gasteiger partial charge is 0.465 e. The highest BCUT2D eigenvalue weighted by molar-refractivity contribution is 6.04. The third-order valence-electron chi connectivity index (χ3n) is 10.8. The van der Waals surface area contributed by atoms with Crippen LogP contribution in [-0.2, 0) is 33.8 Å². The van der Waals surface area contributed by atoms with Gasteiger partial charge in [0.25, 0.3) is 5.91 Å². The summed E-state index contributed by atoms with van der Waals surface area (Å²) in [4.78, 5) is 80.4. The Bertz CT molecular complexity index is 2150. The molecule has 6 amide bonds. The Morgan fingerprint density at radius 2 is 1.46 bits per heavy atom. The van der Waals surface area contributed by atoms with Crippen LogP contribution in [0.5, 0.6) is 0 Å². The van der Waals surface area contributed by atoms with E-state index in [0.29, 0.717) is 12.1 Å². The molecule has 1 aliphatic rings. The van der Waals surface area contributed by atoms with Crippen LogP contribution >= 0.6 is 0 Å². The molecule has 0 radical (unpaired) electrons. The third-order valence-corrected chi connectivity index (χ3v) is 10.8. The SMILES string of the molecule is Cc1cccc(CN2C(=O)CN([C@H](C(=O)N[C@@H](Cc3ccccc3)C[C@@H](O)[C@H](Cc3ccc(-c4ccccn4)cc3)NC(=O)[C@@H](N(C)C(=O)O)C(C)(C)C)C(C)(C)C)C2=O)n1. The summed E-state index contributed by atoms with van der Waals surface area (Å²) in [7, 11) is 1.34. The van der Waals surface area contributed by atoms with E-state index in [4.69, 9.17) is 0 Å². The van der Waals surface area contributed by atoms with Crippen LogP contribution in [-0.4, -0.2) is 109 Å². The quantitative estimate of drug-likeness (QED) is 0.100. The zero-order valence-corrected chi connectivity index (χ0v) is 36.3. The van der Waals surface area contributed by atoms with Crippen molar-refractivity contribution in [2.45, 2.75) is 105 Å². The van der Waals surface area contributed by atoms with Gasteiger partial charge in [0.2, 0.25) is 11.8 Å². The highest BCUT2D eigenvalue weighted by Crippen LogP contribution is 2.30. The number of amides is 6. The number of carbonyl (C=O) groups is 5. The predicted molar refractivity (Wildman–Crippen MR) is 232 cm³/mol. The number of likely N-dealkylation sites (N-methyl/N-ethyl adjacent to an activating group) is 1. The van der Waals surface area contributed by atoms with Gasteiger partial charge in [-0.05, 0) is 72.4 Å². The van der Waals surface area contributed by atoms with Gasteiger partial charge in [-0.15, -0.1) is 0 Å². The average molecular weight is 834 g/mol. The van der Waals surface area contributed by atoms with E-state index in [1.165, 1.54) is 11.9 Å². The molecule has 1 saturated heterocycles. The van der Waals surface area contributed by atoms with E-state index in [0.717, 1.165) is 37.9 Å². The molecule has 0 unspecified atom stereocenters. The second-order valence-electron chi connectivity index (χ2n) is 18.0. The number of aryl methyl sites for hydroxylation is 1. The Kier molecular flexibility index (Phi) is 14.7. The van der Waals surface area contributed by atoms with Gasteiger partial charge >= 0.3 is 12.1 Å². The maximum atomic E-state index is 14.6. The summed E-state index contributed by atoms with van der Waals surface area (Å²) in [5.41, 5.74) is 3.01. The number of aromatic nitrogens is 2. The van der Waals surface area contributed by atoms with Crippen LogP contribution in [0.15, 0.2) is 97.2 Å². The fourth-order valence-electron chi connectivity index (χ4n) is 8.00. The van der Waals surface area contributed by atoms with Crippen LogP contribution in [0, 0.1) is 17.8 Å². The smallest absolute Gasteiger partial charge is 0.407 e. The highest BCUT2D eigenvalue weighted by atomic mass is 16.4. The number of aliphatic hydroxyl groups excluding tert-OH is 1. The predicted octanol–water partition coefficient (Wildman–Crippen LogP) is 5.86. The first-order valence-corrected chi connectivity index (χ1v) is 20.5. The Morgan fingerprint density at radius 1 is 0.803 bits per heavy atom. The molecule has 2 aromatic carbocycles. The van der Waals surface area contributed by atoms with E-state index in [-0.39, 0.29) is 25.9 Å². The first-order chi connectivity index (χ1) is 28.7. The molecular formula is C47H59N7O7. The molecule has 0 spiro atoms. The number of aliphatic hydroxyl groups is 1. The lowest BCUT2D eigenvalue weighted by atomic mass is 9.84. The van der Waals surface area contributed by atoms with Crippen molar-refractivity contribution in [1.29, 1.82) is 0 Å². The molecule has 4 aromatic rings. The van der Waals surface area contributed by atoms with Gasteiger partial charge in [0.15, 0.2) is 0 Å². The number of nitrogens with one attached hydrogen (secondary N) is 2. The number of imide groups is 1. The molecule has 61 heavy (non-hydrogen) atoms. The van der Waals surface area contributed by atoms with Crippen molar-refractivity contribution in [3.8, 4) is 11.3 Å². The van der Waals surface area contributed by atoms with Crippen LogP contribution in [0.1, 0.15) is 70.5 Å². The third kappa shape index (κ3) is 12.0. The molecule has 4 N–H and O–H groups in total. The molecule has 1 aliphatic heterocycles. The lowest BCUT2D eigenvalue weighted by Gasteiger charge is -2.38. The van der Waals surface area contributed by atoms with E-state index < -0.39 is 70.9 Å². The van der Waals surface area contributed by atoms with E-state index in [2.05, 4.69) is 20.6 Å². The summed E-state index contributed by atoms with van der Waals surface area (Å²) < 4.78 is 0. The van der Waals surface area contributed by atoms with E-state index in [9.17, 15) is 34.2 Å². The summed E-state index contributed by atoms with van der Waals surface area (Å²) in [6.45, 7) is 12.3.